The molecule has 0 spiro atoms. The maximum atomic E-state index is 11.7. The minimum Gasteiger partial charge on any atom is -0.381 e. The summed E-state index contributed by atoms with van der Waals surface area (Å²) in [6.07, 6.45) is 2.01. The third kappa shape index (κ3) is 3.76. The van der Waals surface area contributed by atoms with Gasteiger partial charge in [0, 0.05) is 19.8 Å². The van der Waals surface area contributed by atoms with Crippen LogP contribution in [-0.4, -0.2) is 31.7 Å². The van der Waals surface area contributed by atoms with E-state index in [2.05, 4.69) is 12.2 Å². The fourth-order valence-electron chi connectivity index (χ4n) is 1.76. The maximum Gasteiger partial charge on any atom is 0.237 e. The van der Waals surface area contributed by atoms with Crippen LogP contribution in [0.25, 0.3) is 0 Å². The lowest BCUT2D eigenvalue weighted by molar-refractivity contribution is -0.124. The molecule has 0 aromatic carbocycles. The van der Waals surface area contributed by atoms with Crippen molar-refractivity contribution >= 4 is 5.91 Å². The normalized spacial score (nSPS) is 21.8. The molecule has 0 radical (unpaired) electrons. The average Bonchev–Trinajstić information content (AvgIpc) is 2.26. The zero-order valence-corrected chi connectivity index (χ0v) is 10.6. The van der Waals surface area contributed by atoms with Gasteiger partial charge in [0.15, 0.2) is 0 Å². The Labute approximate surface area is 97.9 Å². The molecule has 1 heterocycles. The number of ether oxygens (including phenoxy) is 1. The number of carbonyl (C=O) groups excluding carboxylic acids is 1. The fourth-order valence-corrected chi connectivity index (χ4v) is 1.76. The first-order chi connectivity index (χ1) is 7.44. The number of amides is 1. The van der Waals surface area contributed by atoms with Gasteiger partial charge in [-0.15, -0.1) is 0 Å². The van der Waals surface area contributed by atoms with Crippen LogP contribution in [0.2, 0.25) is 0 Å². The first-order valence-electron chi connectivity index (χ1n) is 6.06. The summed E-state index contributed by atoms with van der Waals surface area (Å²) in [6, 6.07) is -0.400. The van der Waals surface area contributed by atoms with E-state index in [9.17, 15) is 4.79 Å². The van der Waals surface area contributed by atoms with E-state index in [-0.39, 0.29) is 17.2 Å². The van der Waals surface area contributed by atoms with Gasteiger partial charge in [-0.3, -0.25) is 4.79 Å². The fraction of sp³-hybridized carbons (Fsp3) is 0.917. The van der Waals surface area contributed by atoms with Crippen molar-refractivity contribution in [1.82, 2.24) is 5.32 Å². The van der Waals surface area contributed by atoms with Gasteiger partial charge < -0.3 is 15.8 Å². The van der Waals surface area contributed by atoms with Crippen LogP contribution in [0.15, 0.2) is 0 Å². The van der Waals surface area contributed by atoms with E-state index in [4.69, 9.17) is 10.5 Å². The second-order valence-electron chi connectivity index (χ2n) is 5.41. The van der Waals surface area contributed by atoms with E-state index in [0.29, 0.717) is 6.54 Å². The number of nitrogens with two attached hydrogens (primary N) is 1. The smallest absolute Gasteiger partial charge is 0.237 e. The van der Waals surface area contributed by atoms with Gasteiger partial charge >= 0.3 is 0 Å². The van der Waals surface area contributed by atoms with Crippen LogP contribution in [0.5, 0.6) is 0 Å². The highest BCUT2D eigenvalue weighted by molar-refractivity contribution is 5.81. The van der Waals surface area contributed by atoms with Gasteiger partial charge in [0.25, 0.3) is 0 Å². The molecular weight excluding hydrogens is 204 g/mol. The summed E-state index contributed by atoms with van der Waals surface area (Å²) in [5.41, 5.74) is 5.95. The summed E-state index contributed by atoms with van der Waals surface area (Å²) in [4.78, 5) is 11.7. The van der Waals surface area contributed by atoms with Crippen molar-refractivity contribution in [2.45, 2.75) is 39.7 Å². The molecule has 16 heavy (non-hydrogen) atoms. The van der Waals surface area contributed by atoms with E-state index in [1.165, 1.54) is 0 Å². The Balaban J connectivity index is 2.35. The molecule has 1 amide bonds. The molecule has 0 unspecified atom stereocenters. The molecule has 0 aliphatic carbocycles. The maximum absolute atomic E-state index is 11.7. The van der Waals surface area contributed by atoms with E-state index in [1.54, 1.807) is 0 Å². The molecule has 0 saturated carbocycles. The van der Waals surface area contributed by atoms with Crippen molar-refractivity contribution in [2.75, 3.05) is 19.8 Å². The highest BCUT2D eigenvalue weighted by Crippen LogP contribution is 2.28. The van der Waals surface area contributed by atoms with Gasteiger partial charge in [0.1, 0.15) is 0 Å². The SMILES string of the molecule is CC(C)[C@H](N)C(=O)NCC1(C)CCOCC1. The Kier molecular flexibility index (Phi) is 4.74. The van der Waals surface area contributed by atoms with E-state index in [1.807, 2.05) is 13.8 Å². The highest BCUT2D eigenvalue weighted by Gasteiger charge is 2.28. The number of carbonyl (C=O) groups is 1. The van der Waals surface area contributed by atoms with Crippen molar-refractivity contribution in [3.05, 3.63) is 0 Å². The summed E-state index contributed by atoms with van der Waals surface area (Å²) < 4.78 is 5.32. The third-order valence-electron chi connectivity index (χ3n) is 3.41. The Morgan fingerprint density at radius 1 is 1.44 bits per heavy atom. The minimum atomic E-state index is -0.400. The van der Waals surface area contributed by atoms with Gasteiger partial charge in [-0.25, -0.2) is 0 Å². The lowest BCUT2D eigenvalue weighted by Gasteiger charge is -2.34. The summed E-state index contributed by atoms with van der Waals surface area (Å²) in [7, 11) is 0. The lowest BCUT2D eigenvalue weighted by atomic mass is 9.82. The van der Waals surface area contributed by atoms with Gasteiger partial charge in [-0.2, -0.15) is 0 Å². The number of rotatable bonds is 4. The molecule has 1 atom stereocenters. The van der Waals surface area contributed by atoms with E-state index < -0.39 is 6.04 Å². The molecule has 1 fully saturated rings. The van der Waals surface area contributed by atoms with Gasteiger partial charge in [0.2, 0.25) is 5.91 Å². The van der Waals surface area contributed by atoms with E-state index >= 15 is 0 Å². The Bertz CT molecular complexity index is 235. The molecule has 1 saturated heterocycles. The zero-order valence-electron chi connectivity index (χ0n) is 10.6. The second-order valence-corrected chi connectivity index (χ2v) is 5.41. The van der Waals surface area contributed by atoms with Crippen molar-refractivity contribution < 1.29 is 9.53 Å². The molecule has 1 rings (SSSR count). The van der Waals surface area contributed by atoms with Gasteiger partial charge in [-0.1, -0.05) is 20.8 Å². The van der Waals surface area contributed by atoms with E-state index in [0.717, 1.165) is 26.1 Å². The summed E-state index contributed by atoms with van der Waals surface area (Å²) in [5.74, 6) is 0.144. The van der Waals surface area contributed by atoms with Crippen LogP contribution in [0, 0.1) is 11.3 Å². The Morgan fingerprint density at radius 3 is 2.50 bits per heavy atom. The number of hydrogen-bond acceptors (Lipinski definition) is 3. The molecule has 1 aliphatic rings. The molecule has 0 aromatic rings. The summed E-state index contributed by atoms with van der Waals surface area (Å²) in [5, 5.41) is 2.95. The molecule has 94 valence electrons. The number of nitrogens with one attached hydrogen (secondary N) is 1. The van der Waals surface area contributed by atoms with Crippen molar-refractivity contribution in [1.29, 1.82) is 0 Å². The molecule has 1 aliphatic heterocycles. The summed E-state index contributed by atoms with van der Waals surface area (Å²) >= 11 is 0. The monoisotopic (exact) mass is 228 g/mol. The minimum absolute atomic E-state index is 0.0392. The molecule has 3 N–H and O–H groups in total. The Morgan fingerprint density at radius 2 is 2.00 bits per heavy atom. The van der Waals surface area contributed by atoms with Crippen LogP contribution in [0.3, 0.4) is 0 Å². The molecular formula is C12H24N2O2. The predicted molar refractivity (Wildman–Crippen MR) is 64.0 cm³/mol. The molecule has 4 nitrogen and oxygen atoms in total. The predicted octanol–water partition coefficient (Wildman–Crippen LogP) is 0.903. The van der Waals surface area contributed by atoms with Crippen molar-refractivity contribution in [2.24, 2.45) is 17.1 Å². The van der Waals surface area contributed by atoms with Crippen LogP contribution in [0.4, 0.5) is 0 Å². The highest BCUT2D eigenvalue weighted by atomic mass is 16.5. The second kappa shape index (κ2) is 5.64. The standard InChI is InChI=1S/C12H24N2O2/c1-9(2)10(13)11(15)14-8-12(3)4-6-16-7-5-12/h9-10H,4-8,13H2,1-3H3,(H,14,15)/t10-/m0/s1. The topological polar surface area (TPSA) is 64.4 Å². The lowest BCUT2D eigenvalue weighted by Crippen LogP contribution is -2.48. The Hall–Kier alpha value is -0.610. The van der Waals surface area contributed by atoms with Crippen LogP contribution in [-0.2, 0) is 9.53 Å². The van der Waals surface area contributed by atoms with Gasteiger partial charge in [0.05, 0.1) is 6.04 Å². The van der Waals surface area contributed by atoms with Crippen molar-refractivity contribution in [3.8, 4) is 0 Å². The van der Waals surface area contributed by atoms with Crippen molar-refractivity contribution in [3.63, 3.8) is 0 Å². The van der Waals surface area contributed by atoms with Crippen LogP contribution in [0.1, 0.15) is 33.6 Å². The molecule has 0 bridgehead atoms. The van der Waals surface area contributed by atoms with Crippen LogP contribution >= 0.6 is 0 Å². The summed E-state index contributed by atoms with van der Waals surface area (Å²) in [6.45, 7) is 8.40. The zero-order chi connectivity index (χ0) is 12.2. The van der Waals surface area contributed by atoms with Crippen LogP contribution < -0.4 is 11.1 Å². The number of hydrogen-bond donors (Lipinski definition) is 2. The average molecular weight is 228 g/mol. The van der Waals surface area contributed by atoms with Gasteiger partial charge in [-0.05, 0) is 24.2 Å². The quantitative estimate of drug-likeness (QED) is 0.751. The molecule has 4 heteroatoms. The first kappa shape index (κ1) is 13.5. The third-order valence-corrected chi connectivity index (χ3v) is 3.41. The molecule has 0 aromatic heterocycles. The largest absolute Gasteiger partial charge is 0.381 e. The first-order valence-corrected chi connectivity index (χ1v) is 6.06.